The predicted molar refractivity (Wildman–Crippen MR) is 89.1 cm³/mol. The molecule has 0 aliphatic carbocycles. The van der Waals surface area contributed by atoms with E-state index in [0.29, 0.717) is 0 Å². The summed E-state index contributed by atoms with van der Waals surface area (Å²) < 4.78 is 47.4. The van der Waals surface area contributed by atoms with Crippen molar-refractivity contribution in [3.8, 4) is 0 Å². The summed E-state index contributed by atoms with van der Waals surface area (Å²) in [7, 11) is 0. The molecule has 1 fully saturated rings. The van der Waals surface area contributed by atoms with Crippen LogP contribution in [0.2, 0.25) is 0 Å². The van der Waals surface area contributed by atoms with Crippen LogP contribution in [0.5, 0.6) is 0 Å². The van der Waals surface area contributed by atoms with Gasteiger partial charge in [0.2, 0.25) is 5.95 Å². The molecule has 0 saturated carbocycles. The molecular formula is C17H15F3N4O4. The normalized spacial score (nSPS) is 26.1. The molecule has 2 aromatic heterocycles. The molecule has 148 valence electrons. The number of aliphatic hydroxyl groups is 3. The fraction of sp³-hybridized carbons (Fsp3) is 0.294. The quantitative estimate of drug-likeness (QED) is 0.515. The molecule has 0 unspecified atom stereocenters. The minimum atomic E-state index is -1.60. The van der Waals surface area contributed by atoms with Crippen LogP contribution in [-0.4, -0.2) is 48.2 Å². The topological polar surface area (TPSA) is 127 Å². The number of aromatic nitrogens is 3. The highest BCUT2D eigenvalue weighted by molar-refractivity contribution is 5.77. The van der Waals surface area contributed by atoms with Crippen molar-refractivity contribution < 1.29 is 33.2 Å². The number of ether oxygens (including phenoxy) is 1. The third kappa shape index (κ3) is 2.88. The number of halogens is 3. The van der Waals surface area contributed by atoms with Crippen LogP contribution in [0.1, 0.15) is 17.9 Å². The highest BCUT2D eigenvalue weighted by Crippen LogP contribution is 2.38. The second-order valence-electron chi connectivity index (χ2n) is 6.44. The molecule has 1 aliphatic heterocycles. The van der Waals surface area contributed by atoms with Gasteiger partial charge in [0.15, 0.2) is 29.3 Å². The van der Waals surface area contributed by atoms with E-state index < -0.39 is 48.1 Å². The lowest BCUT2D eigenvalue weighted by molar-refractivity contribution is -0.0850. The highest BCUT2D eigenvalue weighted by Gasteiger charge is 2.47. The van der Waals surface area contributed by atoms with E-state index in [1.165, 1.54) is 0 Å². The Morgan fingerprint density at radius 2 is 1.86 bits per heavy atom. The van der Waals surface area contributed by atoms with Crippen LogP contribution in [0.25, 0.3) is 11.0 Å². The zero-order valence-electron chi connectivity index (χ0n) is 14.1. The molecule has 0 radical (unpaired) electrons. The van der Waals surface area contributed by atoms with Gasteiger partial charge < -0.3 is 30.4 Å². The van der Waals surface area contributed by atoms with Gasteiger partial charge in [0.1, 0.15) is 24.4 Å². The molecule has 5 N–H and O–H groups in total. The first-order valence-electron chi connectivity index (χ1n) is 8.21. The number of nitrogens with two attached hydrogens (primary N) is 1. The van der Waals surface area contributed by atoms with E-state index >= 15 is 0 Å². The smallest absolute Gasteiger partial charge is 0.221 e. The summed E-state index contributed by atoms with van der Waals surface area (Å²) in [5, 5.41) is 31.1. The number of benzene rings is 1. The molecule has 11 heteroatoms. The van der Waals surface area contributed by atoms with Crippen molar-refractivity contribution in [1.82, 2.24) is 14.5 Å². The van der Waals surface area contributed by atoms with Crippen LogP contribution in [-0.2, 0) is 4.74 Å². The average Bonchev–Trinajstić information content (AvgIpc) is 3.14. The van der Waals surface area contributed by atoms with Crippen LogP contribution in [0.4, 0.5) is 19.1 Å². The van der Waals surface area contributed by atoms with Gasteiger partial charge in [-0.1, -0.05) is 6.07 Å². The summed E-state index contributed by atoms with van der Waals surface area (Å²) in [6, 6.07) is 2.70. The minimum absolute atomic E-state index is 0.0177. The lowest BCUT2D eigenvalue weighted by Crippen LogP contribution is -2.34. The molecule has 1 aromatic carbocycles. The molecule has 1 saturated heterocycles. The number of hydrogen-bond acceptors (Lipinski definition) is 7. The van der Waals surface area contributed by atoms with E-state index in [-0.39, 0.29) is 22.5 Å². The van der Waals surface area contributed by atoms with E-state index in [1.807, 2.05) is 0 Å². The van der Waals surface area contributed by atoms with E-state index in [1.54, 1.807) is 0 Å². The number of nitrogens with zero attached hydrogens (tertiary/aromatic N) is 3. The Morgan fingerprint density at radius 3 is 2.57 bits per heavy atom. The van der Waals surface area contributed by atoms with Gasteiger partial charge in [0.25, 0.3) is 0 Å². The number of aliphatic hydroxyl groups excluding tert-OH is 3. The summed E-state index contributed by atoms with van der Waals surface area (Å²) >= 11 is 0. The zero-order valence-corrected chi connectivity index (χ0v) is 14.1. The number of nitrogen functional groups attached to an aromatic ring is 1. The minimum Gasteiger partial charge on any atom is -0.387 e. The van der Waals surface area contributed by atoms with Gasteiger partial charge in [-0.15, -0.1) is 0 Å². The van der Waals surface area contributed by atoms with E-state index in [0.717, 1.165) is 35.2 Å². The third-order valence-corrected chi connectivity index (χ3v) is 4.69. The van der Waals surface area contributed by atoms with Crippen molar-refractivity contribution in [2.24, 2.45) is 0 Å². The number of hydrogen-bond donors (Lipinski definition) is 4. The summed E-state index contributed by atoms with van der Waals surface area (Å²) in [5.74, 6) is -3.14. The van der Waals surface area contributed by atoms with Crippen LogP contribution in [0, 0.1) is 17.5 Å². The maximum atomic E-state index is 14.2. The number of fused-ring (bicyclic) bond motifs is 1. The molecule has 8 nitrogen and oxygen atoms in total. The summed E-state index contributed by atoms with van der Waals surface area (Å²) in [4.78, 5) is 7.61. The molecule has 0 bridgehead atoms. The van der Waals surface area contributed by atoms with Crippen molar-refractivity contribution >= 4 is 17.0 Å². The Kier molecular flexibility index (Phi) is 4.46. The summed E-state index contributed by atoms with van der Waals surface area (Å²) in [5.41, 5.74) is 5.48. The summed E-state index contributed by atoms with van der Waals surface area (Å²) in [6.07, 6.45) is -5.33. The monoisotopic (exact) mass is 396 g/mol. The van der Waals surface area contributed by atoms with Gasteiger partial charge in [-0.2, -0.15) is 4.98 Å². The van der Waals surface area contributed by atoms with Gasteiger partial charge in [0.05, 0.1) is 5.39 Å². The van der Waals surface area contributed by atoms with Crippen molar-refractivity contribution in [3.63, 3.8) is 0 Å². The lowest BCUT2D eigenvalue weighted by Gasteiger charge is -2.21. The van der Waals surface area contributed by atoms with Crippen LogP contribution in [0.15, 0.2) is 30.6 Å². The SMILES string of the molecule is Nc1ncc2c(F)cn([C@@H]3O[C@H]([C@H](O)c4ccc(F)c(F)c4)[C@@H](O)[C@H]3O)c2n1. The second kappa shape index (κ2) is 6.71. The number of rotatable bonds is 3. The van der Waals surface area contributed by atoms with Crippen LogP contribution in [0.3, 0.4) is 0 Å². The number of anilines is 1. The van der Waals surface area contributed by atoms with Crippen molar-refractivity contribution in [2.75, 3.05) is 5.73 Å². The Bertz CT molecular complexity index is 1050. The Labute approximate surface area is 155 Å². The average molecular weight is 396 g/mol. The molecule has 0 spiro atoms. The molecule has 4 rings (SSSR count). The highest BCUT2D eigenvalue weighted by atomic mass is 19.2. The molecule has 3 heterocycles. The maximum absolute atomic E-state index is 14.2. The molecule has 5 atom stereocenters. The fourth-order valence-electron chi connectivity index (χ4n) is 3.26. The predicted octanol–water partition coefficient (Wildman–Crippen LogP) is 0.784. The Balaban J connectivity index is 1.68. The van der Waals surface area contributed by atoms with Crippen molar-refractivity contribution in [1.29, 1.82) is 0 Å². The van der Waals surface area contributed by atoms with Crippen LogP contribution < -0.4 is 5.73 Å². The standard InChI is InChI=1S/C17H15F3N4O4/c18-8-2-1-6(3-9(8)19)11(25)14-12(26)13(27)16(28-14)24-5-10(20)7-4-22-17(21)23-15(7)24/h1-5,11-14,16,25-27H,(H2,21,22,23)/t11-,12+,13-,14-,16-/m1/s1. The maximum Gasteiger partial charge on any atom is 0.221 e. The first-order valence-corrected chi connectivity index (χ1v) is 8.21. The second-order valence-corrected chi connectivity index (χ2v) is 6.44. The van der Waals surface area contributed by atoms with E-state index in [4.69, 9.17) is 10.5 Å². The van der Waals surface area contributed by atoms with Crippen LogP contribution >= 0.6 is 0 Å². The molecular weight excluding hydrogens is 381 g/mol. The molecule has 0 amide bonds. The summed E-state index contributed by atoms with van der Waals surface area (Å²) in [6.45, 7) is 0. The molecule has 1 aliphatic rings. The first-order chi connectivity index (χ1) is 13.3. The zero-order chi connectivity index (χ0) is 20.2. The van der Waals surface area contributed by atoms with Crippen molar-refractivity contribution in [2.45, 2.75) is 30.6 Å². The molecule has 3 aromatic rings. The van der Waals surface area contributed by atoms with Gasteiger partial charge >= 0.3 is 0 Å². The largest absolute Gasteiger partial charge is 0.387 e. The third-order valence-electron chi connectivity index (χ3n) is 4.69. The Morgan fingerprint density at radius 1 is 1.11 bits per heavy atom. The van der Waals surface area contributed by atoms with Crippen molar-refractivity contribution in [3.05, 3.63) is 53.6 Å². The van der Waals surface area contributed by atoms with Gasteiger partial charge in [-0.05, 0) is 17.7 Å². The lowest BCUT2D eigenvalue weighted by atomic mass is 9.99. The van der Waals surface area contributed by atoms with Gasteiger partial charge in [-0.25, -0.2) is 18.2 Å². The van der Waals surface area contributed by atoms with E-state index in [2.05, 4.69) is 9.97 Å². The Hall–Kier alpha value is -2.73. The van der Waals surface area contributed by atoms with Gasteiger partial charge in [-0.3, -0.25) is 0 Å². The fourth-order valence-corrected chi connectivity index (χ4v) is 3.26. The molecule has 28 heavy (non-hydrogen) atoms. The van der Waals surface area contributed by atoms with Gasteiger partial charge in [0, 0.05) is 12.4 Å². The van der Waals surface area contributed by atoms with E-state index in [9.17, 15) is 28.5 Å². The first kappa shape index (κ1) is 18.6.